The molecule has 0 N–H and O–H groups in total. The van der Waals surface area contributed by atoms with Crippen molar-refractivity contribution in [2.24, 2.45) is 14.1 Å². The first-order valence-electron chi connectivity index (χ1n) is 10.7. The number of nitrogens with zero attached hydrogens (tertiary/aromatic N) is 2. The zero-order valence-corrected chi connectivity index (χ0v) is 20.9. The molecule has 0 bridgehead atoms. The van der Waals surface area contributed by atoms with E-state index in [0.29, 0.717) is 6.61 Å². The molecular weight excluding hydrogens is 468 g/mol. The van der Waals surface area contributed by atoms with E-state index >= 15 is 0 Å². The molecule has 4 rings (SSSR count). The Kier molecular flexibility index (Phi) is 8.64. The highest BCUT2D eigenvalue weighted by atomic mass is 32.3. The third kappa shape index (κ3) is 6.69. The van der Waals surface area contributed by atoms with Gasteiger partial charge in [-0.2, -0.15) is 4.68 Å². The van der Waals surface area contributed by atoms with Crippen LogP contribution in [-0.4, -0.2) is 31.9 Å². The summed E-state index contributed by atoms with van der Waals surface area (Å²) in [5.41, 5.74) is 5.45. The van der Waals surface area contributed by atoms with E-state index in [2.05, 4.69) is 76.2 Å². The number of benzene rings is 3. The van der Waals surface area contributed by atoms with Gasteiger partial charge in [-0.1, -0.05) is 60.7 Å². The molecule has 0 fully saturated rings. The smallest absolute Gasteiger partial charge is 0.280 e. The highest BCUT2D eigenvalue weighted by molar-refractivity contribution is 7.80. The van der Waals surface area contributed by atoms with Crippen molar-refractivity contribution in [2.45, 2.75) is 6.61 Å². The maximum absolute atomic E-state index is 9.22. The lowest BCUT2D eigenvalue weighted by atomic mass is 10.1. The van der Waals surface area contributed by atoms with Gasteiger partial charge >= 0.3 is 0 Å². The predicted octanol–water partition coefficient (Wildman–Crippen LogP) is 3.86. The summed E-state index contributed by atoms with van der Waals surface area (Å²) in [7, 11) is 2.20. The highest BCUT2D eigenvalue weighted by Crippen LogP contribution is 2.37. The molecule has 0 atom stereocenters. The van der Waals surface area contributed by atoms with E-state index in [-0.39, 0.29) is 0 Å². The SMILES string of the molecule is COS(=O)(=O)[O-].COc1ccc(COc2c(-c3ccccc3)n(C)[n+](C)c2-c2ccccc2)cc1. The topological polar surface area (TPSA) is 93.7 Å². The van der Waals surface area contributed by atoms with Crippen LogP contribution >= 0.6 is 0 Å². The van der Waals surface area contributed by atoms with Gasteiger partial charge in [-0.25, -0.2) is 8.42 Å². The summed E-state index contributed by atoms with van der Waals surface area (Å²) in [5, 5.41) is 0. The largest absolute Gasteiger partial charge is 0.726 e. The lowest BCUT2D eigenvalue weighted by Crippen LogP contribution is -2.39. The molecule has 1 heterocycles. The first-order chi connectivity index (χ1) is 16.7. The summed E-state index contributed by atoms with van der Waals surface area (Å²) in [6, 6.07) is 28.7. The summed E-state index contributed by atoms with van der Waals surface area (Å²) < 4.78 is 47.0. The lowest BCUT2D eigenvalue weighted by molar-refractivity contribution is -0.740. The van der Waals surface area contributed by atoms with Crippen molar-refractivity contribution in [3.8, 4) is 34.0 Å². The van der Waals surface area contributed by atoms with Gasteiger partial charge in [-0.05, 0) is 29.8 Å². The molecule has 0 aliphatic rings. The van der Waals surface area contributed by atoms with Gasteiger partial charge < -0.3 is 14.0 Å². The fourth-order valence-electron chi connectivity index (χ4n) is 3.55. The van der Waals surface area contributed by atoms with Crippen LogP contribution in [0.3, 0.4) is 0 Å². The maximum atomic E-state index is 9.22. The molecule has 0 spiro atoms. The van der Waals surface area contributed by atoms with Gasteiger partial charge in [0.15, 0.2) is 12.7 Å². The fourth-order valence-corrected chi connectivity index (χ4v) is 3.55. The van der Waals surface area contributed by atoms with E-state index in [1.807, 2.05) is 36.4 Å². The van der Waals surface area contributed by atoms with Crippen LogP contribution in [0.5, 0.6) is 11.5 Å². The highest BCUT2D eigenvalue weighted by Gasteiger charge is 2.30. The minimum atomic E-state index is -4.41. The third-order valence-corrected chi connectivity index (χ3v) is 5.78. The van der Waals surface area contributed by atoms with Crippen molar-refractivity contribution < 1.29 is 31.3 Å². The van der Waals surface area contributed by atoms with Crippen molar-refractivity contribution in [1.29, 1.82) is 0 Å². The third-order valence-electron chi connectivity index (χ3n) is 5.37. The van der Waals surface area contributed by atoms with Gasteiger partial charge in [0.2, 0.25) is 16.1 Å². The maximum Gasteiger partial charge on any atom is 0.280 e. The second-order valence-electron chi connectivity index (χ2n) is 7.52. The molecule has 8 nitrogen and oxygen atoms in total. The molecule has 9 heteroatoms. The zero-order chi connectivity index (χ0) is 25.4. The number of methoxy groups -OCH3 is 1. The molecule has 3 aromatic carbocycles. The van der Waals surface area contributed by atoms with Crippen LogP contribution in [0.2, 0.25) is 0 Å². The van der Waals surface area contributed by atoms with Crippen molar-refractivity contribution in [1.82, 2.24) is 4.68 Å². The molecule has 0 aliphatic heterocycles. The molecule has 4 aromatic rings. The van der Waals surface area contributed by atoms with Crippen LogP contribution in [-0.2, 0) is 35.3 Å². The van der Waals surface area contributed by atoms with Gasteiger partial charge in [-0.15, -0.1) is 4.68 Å². The van der Waals surface area contributed by atoms with Gasteiger partial charge in [-0.3, -0.25) is 4.18 Å². The van der Waals surface area contributed by atoms with Crippen molar-refractivity contribution in [3.05, 3.63) is 90.5 Å². The standard InChI is InChI=1S/C25H25N2O2.CH4O4S/c1-26-23(20-10-6-4-7-11-20)25(24(27(26)2)21-12-8-5-9-13-21)29-18-19-14-16-22(28-3)17-15-19;1-5-6(2,3)4/h4-17H,18H2,1-3H3;1H3,(H,2,3,4)/q+1;/p-1. The van der Waals surface area contributed by atoms with Crippen LogP contribution in [0, 0.1) is 0 Å². The van der Waals surface area contributed by atoms with E-state index in [1.54, 1.807) is 7.11 Å². The molecule has 0 aliphatic carbocycles. The van der Waals surface area contributed by atoms with E-state index in [4.69, 9.17) is 9.47 Å². The van der Waals surface area contributed by atoms with Gasteiger partial charge in [0.05, 0.1) is 26.8 Å². The summed E-state index contributed by atoms with van der Waals surface area (Å²) >= 11 is 0. The molecule has 35 heavy (non-hydrogen) atoms. The second kappa shape index (κ2) is 11.7. The van der Waals surface area contributed by atoms with Gasteiger partial charge in [0.25, 0.3) is 5.69 Å². The minimum absolute atomic E-state index is 0.480. The second-order valence-corrected chi connectivity index (χ2v) is 8.67. The Hall–Kier alpha value is -3.66. The summed E-state index contributed by atoms with van der Waals surface area (Å²) in [6.45, 7) is 0.480. The number of rotatable bonds is 7. The van der Waals surface area contributed by atoms with Crippen LogP contribution in [0.4, 0.5) is 0 Å². The van der Waals surface area contributed by atoms with E-state index in [1.165, 1.54) is 0 Å². The lowest BCUT2D eigenvalue weighted by Gasteiger charge is -2.08. The molecule has 0 saturated heterocycles. The Balaban J connectivity index is 0.000000509. The predicted molar refractivity (Wildman–Crippen MR) is 131 cm³/mol. The Morgan fingerprint density at radius 3 is 1.86 bits per heavy atom. The molecule has 0 saturated carbocycles. The molecule has 0 unspecified atom stereocenters. The van der Waals surface area contributed by atoms with Gasteiger partial charge in [0, 0.05) is 5.56 Å². The Morgan fingerprint density at radius 1 is 0.857 bits per heavy atom. The summed E-state index contributed by atoms with van der Waals surface area (Å²) in [6.07, 6.45) is 0. The Bertz CT molecular complexity index is 1270. The summed E-state index contributed by atoms with van der Waals surface area (Å²) in [5.74, 6) is 1.72. The van der Waals surface area contributed by atoms with E-state index in [9.17, 15) is 13.0 Å². The number of hydrogen-bond acceptors (Lipinski definition) is 6. The van der Waals surface area contributed by atoms with Crippen LogP contribution in [0.15, 0.2) is 84.9 Å². The number of hydrogen-bond donors (Lipinski definition) is 0. The average molecular weight is 497 g/mol. The normalized spacial score (nSPS) is 10.9. The molecule has 184 valence electrons. The number of aromatic nitrogens is 2. The van der Waals surface area contributed by atoms with Crippen LogP contribution < -0.4 is 14.2 Å². The zero-order valence-electron chi connectivity index (χ0n) is 20.0. The quantitative estimate of drug-likeness (QED) is 0.219. The van der Waals surface area contributed by atoms with Crippen LogP contribution in [0.25, 0.3) is 22.5 Å². The molecule has 0 amide bonds. The summed E-state index contributed by atoms with van der Waals surface area (Å²) in [4.78, 5) is 0. The Labute approximate surface area is 205 Å². The monoisotopic (exact) mass is 496 g/mol. The number of ether oxygens (including phenoxy) is 2. The first-order valence-corrected chi connectivity index (χ1v) is 12.1. The minimum Gasteiger partial charge on any atom is -0.726 e. The van der Waals surface area contributed by atoms with Crippen LogP contribution in [0.1, 0.15) is 5.56 Å². The van der Waals surface area contributed by atoms with E-state index < -0.39 is 10.4 Å². The van der Waals surface area contributed by atoms with Crippen molar-refractivity contribution in [2.75, 3.05) is 14.2 Å². The fraction of sp³-hybridized carbons (Fsp3) is 0.192. The first kappa shape index (κ1) is 26.0. The van der Waals surface area contributed by atoms with Gasteiger partial charge in [0.1, 0.15) is 12.4 Å². The Morgan fingerprint density at radius 2 is 1.37 bits per heavy atom. The molecule has 1 aromatic heterocycles. The van der Waals surface area contributed by atoms with E-state index in [0.717, 1.165) is 46.7 Å². The molecule has 0 radical (unpaired) electrons. The molecular formula is C26H28N2O6S. The van der Waals surface area contributed by atoms with Crippen molar-refractivity contribution >= 4 is 10.4 Å². The van der Waals surface area contributed by atoms with Crippen molar-refractivity contribution in [3.63, 3.8) is 0 Å². The average Bonchev–Trinajstić information content (AvgIpc) is 3.13.